The Morgan fingerprint density at radius 2 is 2.33 bits per heavy atom. The van der Waals surface area contributed by atoms with Crippen LogP contribution in [0.5, 0.6) is 5.75 Å². The molecule has 0 saturated heterocycles. The van der Waals surface area contributed by atoms with Gasteiger partial charge in [-0.25, -0.2) is 4.98 Å². The maximum absolute atomic E-state index is 6.04. The molecule has 1 aliphatic carbocycles. The molecule has 21 heavy (non-hydrogen) atoms. The molecule has 1 N–H and O–H groups in total. The van der Waals surface area contributed by atoms with Crippen LogP contribution in [0.2, 0.25) is 0 Å². The largest absolute Gasteiger partial charge is 0.487 e. The number of rotatable bonds is 6. The lowest BCUT2D eigenvalue weighted by Gasteiger charge is -2.12. The van der Waals surface area contributed by atoms with Crippen molar-refractivity contribution in [2.75, 3.05) is 7.05 Å². The van der Waals surface area contributed by atoms with Gasteiger partial charge in [0, 0.05) is 11.4 Å². The minimum absolute atomic E-state index is 0.471. The van der Waals surface area contributed by atoms with E-state index in [0.717, 1.165) is 37.1 Å². The van der Waals surface area contributed by atoms with Crippen molar-refractivity contribution in [3.05, 3.63) is 45.4 Å². The molecule has 1 heterocycles. The summed E-state index contributed by atoms with van der Waals surface area (Å²) >= 11 is 1.74. The molecule has 1 aromatic carbocycles. The Morgan fingerprint density at radius 1 is 1.43 bits per heavy atom. The summed E-state index contributed by atoms with van der Waals surface area (Å²) in [6.07, 6.45) is 4.46. The van der Waals surface area contributed by atoms with Gasteiger partial charge in [0.2, 0.25) is 0 Å². The molecule has 112 valence electrons. The summed E-state index contributed by atoms with van der Waals surface area (Å²) in [4.78, 5) is 4.62. The van der Waals surface area contributed by atoms with Gasteiger partial charge in [0.1, 0.15) is 12.4 Å². The standard InChI is InChI=1S/C17H22N2OS/c1-3-5-17-19-12(11-21-17)10-20-16-7-4-6-13-14(16)8-9-15(13)18-2/h4,6-7,11,15,18H,3,5,8-10H2,1-2H3. The van der Waals surface area contributed by atoms with Gasteiger partial charge in [0.15, 0.2) is 0 Å². The molecule has 0 radical (unpaired) electrons. The highest BCUT2D eigenvalue weighted by atomic mass is 32.1. The van der Waals surface area contributed by atoms with Crippen molar-refractivity contribution in [3.8, 4) is 5.75 Å². The van der Waals surface area contributed by atoms with E-state index in [9.17, 15) is 0 Å². The average molecular weight is 302 g/mol. The van der Waals surface area contributed by atoms with Crippen molar-refractivity contribution >= 4 is 11.3 Å². The highest BCUT2D eigenvalue weighted by Crippen LogP contribution is 2.36. The highest BCUT2D eigenvalue weighted by Gasteiger charge is 2.23. The SMILES string of the molecule is CCCc1nc(COc2cccc3c2CCC3NC)cs1. The van der Waals surface area contributed by atoms with E-state index in [2.05, 4.69) is 40.8 Å². The van der Waals surface area contributed by atoms with E-state index in [1.165, 1.54) is 16.1 Å². The quantitative estimate of drug-likeness (QED) is 0.879. The summed E-state index contributed by atoms with van der Waals surface area (Å²) in [6, 6.07) is 6.85. The molecular formula is C17H22N2OS. The van der Waals surface area contributed by atoms with Crippen molar-refractivity contribution in [2.45, 2.75) is 45.3 Å². The summed E-state index contributed by atoms with van der Waals surface area (Å²) in [5.41, 5.74) is 3.80. The van der Waals surface area contributed by atoms with E-state index in [1.807, 2.05) is 7.05 Å². The van der Waals surface area contributed by atoms with Crippen LogP contribution < -0.4 is 10.1 Å². The van der Waals surface area contributed by atoms with Crippen LogP contribution in [0.4, 0.5) is 0 Å². The van der Waals surface area contributed by atoms with Crippen LogP contribution in [0.25, 0.3) is 0 Å². The Balaban J connectivity index is 1.69. The Labute approximate surface area is 130 Å². The van der Waals surface area contributed by atoms with Gasteiger partial charge in [-0.15, -0.1) is 11.3 Å². The van der Waals surface area contributed by atoms with Crippen LogP contribution in [0.15, 0.2) is 23.6 Å². The van der Waals surface area contributed by atoms with E-state index in [1.54, 1.807) is 11.3 Å². The van der Waals surface area contributed by atoms with Gasteiger partial charge in [-0.3, -0.25) is 0 Å². The maximum Gasteiger partial charge on any atom is 0.131 e. The monoisotopic (exact) mass is 302 g/mol. The normalized spacial score (nSPS) is 17.0. The van der Waals surface area contributed by atoms with E-state index in [-0.39, 0.29) is 0 Å². The number of aromatic nitrogens is 1. The van der Waals surface area contributed by atoms with E-state index < -0.39 is 0 Å². The summed E-state index contributed by atoms with van der Waals surface area (Å²) in [6.45, 7) is 2.75. The molecular weight excluding hydrogens is 280 g/mol. The number of ether oxygens (including phenoxy) is 1. The molecule has 3 rings (SSSR count). The lowest BCUT2D eigenvalue weighted by molar-refractivity contribution is 0.299. The first kappa shape index (κ1) is 14.5. The summed E-state index contributed by atoms with van der Waals surface area (Å²) < 4.78 is 6.04. The summed E-state index contributed by atoms with van der Waals surface area (Å²) in [5, 5.41) is 6.70. The molecule has 1 aliphatic rings. The van der Waals surface area contributed by atoms with Crippen LogP contribution >= 0.6 is 11.3 Å². The van der Waals surface area contributed by atoms with Gasteiger partial charge in [0.05, 0.1) is 10.7 Å². The van der Waals surface area contributed by atoms with E-state index in [0.29, 0.717) is 12.6 Å². The number of nitrogens with zero attached hydrogens (tertiary/aromatic N) is 1. The van der Waals surface area contributed by atoms with Gasteiger partial charge >= 0.3 is 0 Å². The number of fused-ring (bicyclic) bond motifs is 1. The molecule has 1 atom stereocenters. The minimum Gasteiger partial charge on any atom is -0.487 e. The van der Waals surface area contributed by atoms with E-state index in [4.69, 9.17) is 4.74 Å². The first-order valence-corrected chi connectivity index (χ1v) is 8.55. The number of benzene rings is 1. The van der Waals surface area contributed by atoms with Gasteiger partial charge in [-0.05, 0) is 49.9 Å². The van der Waals surface area contributed by atoms with Crippen LogP contribution in [-0.2, 0) is 19.4 Å². The van der Waals surface area contributed by atoms with Crippen molar-refractivity contribution < 1.29 is 4.74 Å². The fourth-order valence-electron chi connectivity index (χ4n) is 2.95. The number of hydrogen-bond acceptors (Lipinski definition) is 4. The predicted octanol–water partition coefficient (Wildman–Crippen LogP) is 3.88. The first-order chi connectivity index (χ1) is 10.3. The van der Waals surface area contributed by atoms with Crippen LogP contribution in [-0.4, -0.2) is 12.0 Å². The molecule has 2 aromatic rings. The molecule has 3 nitrogen and oxygen atoms in total. The smallest absolute Gasteiger partial charge is 0.131 e. The zero-order chi connectivity index (χ0) is 14.7. The Kier molecular flexibility index (Phi) is 4.56. The van der Waals surface area contributed by atoms with Crippen molar-refractivity contribution in [2.24, 2.45) is 0 Å². The van der Waals surface area contributed by atoms with Gasteiger partial charge < -0.3 is 10.1 Å². The van der Waals surface area contributed by atoms with Crippen molar-refractivity contribution in [1.82, 2.24) is 10.3 Å². The fraction of sp³-hybridized carbons (Fsp3) is 0.471. The lowest BCUT2D eigenvalue weighted by atomic mass is 10.1. The third-order valence-electron chi connectivity index (χ3n) is 4.01. The third-order valence-corrected chi connectivity index (χ3v) is 4.97. The van der Waals surface area contributed by atoms with Gasteiger partial charge in [-0.2, -0.15) is 0 Å². The predicted molar refractivity (Wildman–Crippen MR) is 87.0 cm³/mol. The zero-order valence-electron chi connectivity index (χ0n) is 12.7. The minimum atomic E-state index is 0.471. The first-order valence-electron chi connectivity index (χ1n) is 7.67. The Morgan fingerprint density at radius 3 is 3.14 bits per heavy atom. The molecule has 0 spiro atoms. The third kappa shape index (κ3) is 3.11. The second-order valence-electron chi connectivity index (χ2n) is 5.48. The molecule has 1 aromatic heterocycles. The number of thiazole rings is 1. The summed E-state index contributed by atoms with van der Waals surface area (Å²) in [7, 11) is 2.03. The molecule has 0 fully saturated rings. The maximum atomic E-state index is 6.04. The van der Waals surface area contributed by atoms with Crippen molar-refractivity contribution in [3.63, 3.8) is 0 Å². The molecule has 4 heteroatoms. The Hall–Kier alpha value is -1.39. The van der Waals surface area contributed by atoms with Crippen LogP contribution in [0, 0.1) is 0 Å². The van der Waals surface area contributed by atoms with Crippen LogP contribution in [0.3, 0.4) is 0 Å². The van der Waals surface area contributed by atoms with E-state index >= 15 is 0 Å². The zero-order valence-corrected chi connectivity index (χ0v) is 13.5. The van der Waals surface area contributed by atoms with Crippen molar-refractivity contribution in [1.29, 1.82) is 0 Å². The summed E-state index contributed by atoms with van der Waals surface area (Å²) in [5.74, 6) is 1.02. The van der Waals surface area contributed by atoms with Gasteiger partial charge in [0.25, 0.3) is 0 Å². The fourth-order valence-corrected chi connectivity index (χ4v) is 3.84. The molecule has 0 saturated carbocycles. The molecule has 0 bridgehead atoms. The van der Waals surface area contributed by atoms with Crippen LogP contribution in [0.1, 0.15) is 47.6 Å². The molecule has 0 amide bonds. The van der Waals surface area contributed by atoms with Gasteiger partial charge in [-0.1, -0.05) is 19.1 Å². The topological polar surface area (TPSA) is 34.1 Å². The average Bonchev–Trinajstić information content (AvgIpc) is 3.12. The molecule has 1 unspecified atom stereocenters. The second kappa shape index (κ2) is 6.58. The number of aryl methyl sites for hydroxylation is 1. The number of nitrogens with one attached hydrogen (secondary N) is 1. The second-order valence-corrected chi connectivity index (χ2v) is 6.42. The lowest BCUT2D eigenvalue weighted by Crippen LogP contribution is -2.12. The highest BCUT2D eigenvalue weighted by molar-refractivity contribution is 7.09. The molecule has 0 aliphatic heterocycles. The Bertz CT molecular complexity index is 609. The number of hydrogen-bond donors (Lipinski definition) is 1.